The number of nitrogen functional groups attached to an aromatic ring is 1. The van der Waals surface area contributed by atoms with Gasteiger partial charge in [-0.2, -0.15) is 0 Å². The summed E-state index contributed by atoms with van der Waals surface area (Å²) in [6.45, 7) is 3.24. The monoisotopic (exact) mass is 220 g/mol. The van der Waals surface area contributed by atoms with Crippen molar-refractivity contribution in [3.63, 3.8) is 0 Å². The predicted molar refractivity (Wildman–Crippen MR) is 54.4 cm³/mol. The van der Waals surface area contributed by atoms with Crippen LogP contribution in [0.3, 0.4) is 0 Å². The summed E-state index contributed by atoms with van der Waals surface area (Å²) < 4.78 is 21.8. The molecule has 0 spiro atoms. The van der Waals surface area contributed by atoms with Crippen LogP contribution in [0.25, 0.3) is 0 Å². The maximum absolute atomic E-state index is 11.4. The zero-order valence-electron chi connectivity index (χ0n) is 7.73. The van der Waals surface area contributed by atoms with E-state index in [1.165, 1.54) is 17.6 Å². The lowest BCUT2D eigenvalue weighted by molar-refractivity contribution is 0.558. The summed E-state index contributed by atoms with van der Waals surface area (Å²) in [7, 11) is -3.15. The van der Waals surface area contributed by atoms with E-state index in [4.69, 9.17) is 5.73 Å². The molecule has 1 aromatic rings. The molecule has 0 radical (unpaired) electrons. The fraction of sp³-hybridized carbons (Fsp3) is 0.571. The molecule has 0 aliphatic rings. The van der Waals surface area contributed by atoms with Gasteiger partial charge in [-0.05, 0) is 13.8 Å². The lowest BCUT2D eigenvalue weighted by atomic mass is 10.1. The Labute approximate surface area is 81.7 Å². The van der Waals surface area contributed by atoms with Crippen molar-refractivity contribution >= 4 is 26.3 Å². The molecule has 0 fully saturated rings. The van der Waals surface area contributed by atoms with Gasteiger partial charge in [0.05, 0.1) is 5.69 Å². The smallest absolute Gasteiger partial charge is 0.180 e. The number of sulfone groups is 1. The summed E-state index contributed by atoms with van der Waals surface area (Å²) in [5, 5.41) is 2.07. The second-order valence-electron chi connectivity index (χ2n) is 3.35. The molecular weight excluding hydrogens is 208 g/mol. The molecule has 0 amide bonds. The number of hydrogen-bond acceptors (Lipinski definition) is 5. The number of anilines is 1. The van der Waals surface area contributed by atoms with Gasteiger partial charge in [-0.25, -0.2) is 13.4 Å². The van der Waals surface area contributed by atoms with Crippen molar-refractivity contribution < 1.29 is 8.42 Å². The van der Waals surface area contributed by atoms with Crippen LogP contribution in [0.2, 0.25) is 0 Å². The van der Waals surface area contributed by atoms with E-state index in [2.05, 4.69) is 4.98 Å². The topological polar surface area (TPSA) is 73.0 Å². The average Bonchev–Trinajstić information content (AvgIpc) is 2.33. The second-order valence-corrected chi connectivity index (χ2v) is 6.81. The van der Waals surface area contributed by atoms with E-state index >= 15 is 0 Å². The Morgan fingerprint density at radius 1 is 1.54 bits per heavy atom. The van der Waals surface area contributed by atoms with E-state index in [1.54, 1.807) is 19.2 Å². The lowest BCUT2D eigenvalue weighted by Gasteiger charge is -2.19. The molecule has 0 aliphatic carbocycles. The highest BCUT2D eigenvalue weighted by atomic mass is 32.2. The quantitative estimate of drug-likeness (QED) is 0.807. The largest absolute Gasteiger partial charge is 0.375 e. The maximum Gasteiger partial charge on any atom is 0.180 e. The van der Waals surface area contributed by atoms with Crippen molar-refractivity contribution in [3.05, 3.63) is 11.1 Å². The Morgan fingerprint density at radius 2 is 2.08 bits per heavy atom. The number of aromatic nitrogens is 1. The Kier molecular flexibility index (Phi) is 2.38. The van der Waals surface area contributed by atoms with Gasteiger partial charge in [-0.3, -0.25) is 0 Å². The second kappa shape index (κ2) is 2.95. The third-order valence-corrected chi connectivity index (χ3v) is 4.80. The van der Waals surface area contributed by atoms with Crippen LogP contribution in [0.15, 0.2) is 5.38 Å². The van der Waals surface area contributed by atoms with Gasteiger partial charge in [0.25, 0.3) is 0 Å². The summed E-state index contributed by atoms with van der Waals surface area (Å²) in [5.41, 5.74) is 5.94. The Bertz CT molecular complexity index is 406. The number of nitrogens with two attached hydrogens (primary N) is 1. The highest BCUT2D eigenvalue weighted by molar-refractivity contribution is 7.91. The van der Waals surface area contributed by atoms with Crippen molar-refractivity contribution in [3.8, 4) is 0 Å². The minimum absolute atomic E-state index is 0.395. The molecule has 1 heterocycles. The molecule has 0 saturated heterocycles. The summed E-state index contributed by atoms with van der Waals surface area (Å²) in [4.78, 5) is 3.97. The lowest BCUT2D eigenvalue weighted by Crippen LogP contribution is -2.28. The van der Waals surface area contributed by atoms with E-state index in [0.717, 1.165) is 0 Å². The molecule has 0 atom stereocenters. The number of thiazole rings is 1. The van der Waals surface area contributed by atoms with E-state index < -0.39 is 14.6 Å². The first-order chi connectivity index (χ1) is 5.75. The van der Waals surface area contributed by atoms with Gasteiger partial charge in [-0.15, -0.1) is 11.3 Å². The molecule has 1 aromatic heterocycles. The molecule has 1 rings (SSSR count). The molecule has 0 unspecified atom stereocenters. The standard InChI is InChI=1S/C7H12N2O2S2/c1-7(2,13(3,10)11)5-4-12-6(8)9-5/h4H,1-3H3,(H2,8,9). The van der Waals surface area contributed by atoms with Gasteiger partial charge in [0, 0.05) is 11.6 Å². The van der Waals surface area contributed by atoms with Crippen LogP contribution in [-0.4, -0.2) is 19.7 Å². The third kappa shape index (κ3) is 1.83. The zero-order chi connectivity index (χ0) is 10.3. The Hall–Kier alpha value is -0.620. The number of hydrogen-bond donors (Lipinski definition) is 1. The van der Waals surface area contributed by atoms with Gasteiger partial charge in [0.2, 0.25) is 0 Å². The van der Waals surface area contributed by atoms with Crippen molar-refractivity contribution in [2.24, 2.45) is 0 Å². The van der Waals surface area contributed by atoms with Crippen LogP contribution in [0.1, 0.15) is 19.5 Å². The number of rotatable bonds is 2. The van der Waals surface area contributed by atoms with Crippen LogP contribution >= 0.6 is 11.3 Å². The van der Waals surface area contributed by atoms with Gasteiger partial charge in [-0.1, -0.05) is 0 Å². The van der Waals surface area contributed by atoms with E-state index in [9.17, 15) is 8.42 Å². The summed E-state index contributed by atoms with van der Waals surface area (Å²) in [6, 6.07) is 0. The minimum atomic E-state index is -3.15. The molecular formula is C7H12N2O2S2. The highest BCUT2D eigenvalue weighted by Gasteiger charge is 2.34. The van der Waals surface area contributed by atoms with Gasteiger partial charge >= 0.3 is 0 Å². The van der Waals surface area contributed by atoms with Crippen molar-refractivity contribution in [2.45, 2.75) is 18.6 Å². The first-order valence-electron chi connectivity index (χ1n) is 3.66. The van der Waals surface area contributed by atoms with Crippen LogP contribution in [0.5, 0.6) is 0 Å². The SMILES string of the molecule is CC(C)(c1csc(N)n1)S(C)(=O)=O. The van der Waals surface area contributed by atoms with Crippen molar-refractivity contribution in [1.29, 1.82) is 0 Å². The van der Waals surface area contributed by atoms with Gasteiger partial charge < -0.3 is 5.73 Å². The minimum Gasteiger partial charge on any atom is -0.375 e. The molecule has 0 aromatic carbocycles. The van der Waals surface area contributed by atoms with E-state index in [1.807, 2.05) is 0 Å². The molecule has 74 valence electrons. The molecule has 0 bridgehead atoms. The fourth-order valence-electron chi connectivity index (χ4n) is 0.754. The molecule has 0 saturated carbocycles. The third-order valence-electron chi connectivity index (χ3n) is 2.07. The molecule has 2 N–H and O–H groups in total. The first kappa shape index (κ1) is 10.5. The fourth-order valence-corrected chi connectivity index (χ4v) is 2.04. The van der Waals surface area contributed by atoms with Gasteiger partial charge in [0.1, 0.15) is 4.75 Å². The van der Waals surface area contributed by atoms with Crippen molar-refractivity contribution in [1.82, 2.24) is 4.98 Å². The van der Waals surface area contributed by atoms with Crippen molar-refractivity contribution in [2.75, 3.05) is 12.0 Å². The van der Waals surface area contributed by atoms with E-state index in [0.29, 0.717) is 10.8 Å². The summed E-state index contributed by atoms with van der Waals surface area (Å²) in [6.07, 6.45) is 1.20. The Balaban J connectivity index is 3.23. The Morgan fingerprint density at radius 3 is 2.38 bits per heavy atom. The normalized spacial score (nSPS) is 13.2. The van der Waals surface area contributed by atoms with E-state index in [-0.39, 0.29) is 0 Å². The predicted octanol–water partition coefficient (Wildman–Crippen LogP) is 1.01. The molecule has 4 nitrogen and oxygen atoms in total. The average molecular weight is 220 g/mol. The maximum atomic E-state index is 11.4. The molecule has 0 aliphatic heterocycles. The van der Waals surface area contributed by atoms with Crippen LogP contribution in [0, 0.1) is 0 Å². The van der Waals surface area contributed by atoms with Gasteiger partial charge in [0.15, 0.2) is 15.0 Å². The zero-order valence-corrected chi connectivity index (χ0v) is 9.37. The summed E-state index contributed by atoms with van der Waals surface area (Å²) in [5.74, 6) is 0. The summed E-state index contributed by atoms with van der Waals surface area (Å²) >= 11 is 1.25. The van der Waals surface area contributed by atoms with Crippen LogP contribution in [0.4, 0.5) is 5.13 Å². The number of nitrogens with zero attached hydrogens (tertiary/aromatic N) is 1. The molecule has 6 heteroatoms. The highest BCUT2D eigenvalue weighted by Crippen LogP contribution is 2.30. The van der Waals surface area contributed by atoms with Crippen LogP contribution in [-0.2, 0) is 14.6 Å². The van der Waals surface area contributed by atoms with Crippen LogP contribution < -0.4 is 5.73 Å². The first-order valence-corrected chi connectivity index (χ1v) is 6.43. The molecule has 13 heavy (non-hydrogen) atoms.